The van der Waals surface area contributed by atoms with Crippen LogP contribution in [0.3, 0.4) is 0 Å². The number of hydrogen-bond donors (Lipinski definition) is 1. The molecule has 2 atom stereocenters. The van der Waals surface area contributed by atoms with Gasteiger partial charge in [0.1, 0.15) is 0 Å². The molecule has 0 heterocycles. The lowest BCUT2D eigenvalue weighted by Gasteiger charge is -2.31. The summed E-state index contributed by atoms with van der Waals surface area (Å²) in [6.07, 6.45) is 0.848. The lowest BCUT2D eigenvalue weighted by Crippen LogP contribution is -2.38. The molecule has 0 bridgehead atoms. The van der Waals surface area contributed by atoms with Crippen molar-refractivity contribution in [2.45, 2.75) is 90.9 Å². The Morgan fingerprint density at radius 1 is 0.651 bits per heavy atom. The Morgan fingerprint density at radius 2 is 1.12 bits per heavy atom. The van der Waals surface area contributed by atoms with E-state index in [1.165, 1.54) is 44.0 Å². The van der Waals surface area contributed by atoms with E-state index in [0.717, 1.165) is 6.16 Å². The van der Waals surface area contributed by atoms with Crippen LogP contribution in [-0.2, 0) is 11.0 Å². The number of nitrogens with one attached hydrogen (secondary N) is 1. The normalized spacial score (nSPS) is 13.7. The molecule has 4 aromatic carbocycles. The van der Waals surface area contributed by atoms with Crippen molar-refractivity contribution in [3.05, 3.63) is 119 Å². The third kappa shape index (κ3) is 8.13. The Bertz CT molecular complexity index is 1440. The quantitative estimate of drug-likeness (QED) is 0.168. The van der Waals surface area contributed by atoms with Gasteiger partial charge in [0.15, 0.2) is 0 Å². The maximum Gasteiger partial charge on any atom is 0.0976 e. The van der Waals surface area contributed by atoms with Crippen LogP contribution in [0.4, 0.5) is 0 Å². The zero-order valence-electron chi connectivity index (χ0n) is 27.5. The van der Waals surface area contributed by atoms with Gasteiger partial charge in [-0.1, -0.05) is 139 Å². The maximum atomic E-state index is 13.8. The van der Waals surface area contributed by atoms with Crippen LogP contribution in [0, 0.1) is 0 Å². The largest absolute Gasteiger partial charge is 0.242 e. The molecule has 0 aliphatic carbocycles. The third-order valence-electron chi connectivity index (χ3n) is 8.04. The van der Waals surface area contributed by atoms with Crippen molar-refractivity contribution in [1.29, 1.82) is 0 Å². The molecule has 0 saturated carbocycles. The molecule has 0 amide bonds. The van der Waals surface area contributed by atoms with E-state index in [0.29, 0.717) is 17.8 Å². The van der Waals surface area contributed by atoms with Gasteiger partial charge in [0.05, 0.1) is 15.7 Å². The summed E-state index contributed by atoms with van der Waals surface area (Å²) in [5.41, 5.74) is 8.01. The van der Waals surface area contributed by atoms with E-state index in [2.05, 4.69) is 164 Å². The van der Waals surface area contributed by atoms with Crippen molar-refractivity contribution < 1.29 is 4.21 Å². The van der Waals surface area contributed by atoms with E-state index in [4.69, 9.17) is 0 Å². The van der Waals surface area contributed by atoms with E-state index >= 15 is 0 Å². The van der Waals surface area contributed by atoms with Gasteiger partial charge in [0, 0.05) is 6.04 Å². The predicted molar refractivity (Wildman–Crippen MR) is 192 cm³/mol. The predicted octanol–water partition coefficient (Wildman–Crippen LogP) is 9.95. The van der Waals surface area contributed by atoms with Gasteiger partial charge >= 0.3 is 0 Å². The van der Waals surface area contributed by atoms with Gasteiger partial charge in [-0.15, -0.1) is 0 Å². The van der Waals surface area contributed by atoms with Crippen LogP contribution >= 0.6 is 7.92 Å². The summed E-state index contributed by atoms with van der Waals surface area (Å²) >= 11 is 0. The highest BCUT2D eigenvalue weighted by molar-refractivity contribution is 7.84. The molecule has 1 N–H and O–H groups in total. The fourth-order valence-corrected chi connectivity index (χ4v) is 8.94. The van der Waals surface area contributed by atoms with Gasteiger partial charge in [-0.3, -0.25) is 0 Å². The van der Waals surface area contributed by atoms with Gasteiger partial charge in [-0.2, -0.15) is 0 Å². The van der Waals surface area contributed by atoms with Crippen molar-refractivity contribution in [2.75, 3.05) is 6.16 Å². The standard InChI is InChI=1S/C39H50NOPS/c1-27(2)30-24-35(28(3)4)38(36(25-30)29(5)6)34-23-17-16-22-33(34)37(40-43(41)39(7,8)9)26-42(31-18-12-10-13-19-31)32-20-14-11-15-21-32/h10-25,27-29,37,40H,26H2,1-9H3. The van der Waals surface area contributed by atoms with Crippen LogP contribution in [0.25, 0.3) is 11.1 Å². The molecule has 0 aromatic heterocycles. The van der Waals surface area contributed by atoms with E-state index in [1.54, 1.807) is 0 Å². The summed E-state index contributed by atoms with van der Waals surface area (Å²) in [7, 11) is -1.95. The SMILES string of the molecule is CC(C)c1cc(C(C)C)c(-c2ccccc2C(CP(c2ccccc2)c2ccccc2)NS(=O)C(C)(C)C)c(C(C)C)c1. The minimum Gasteiger partial charge on any atom is -0.242 e. The van der Waals surface area contributed by atoms with Crippen molar-refractivity contribution in [1.82, 2.24) is 4.72 Å². The van der Waals surface area contributed by atoms with Crippen LogP contribution in [0.15, 0.2) is 97.1 Å². The van der Waals surface area contributed by atoms with Crippen molar-refractivity contribution in [2.24, 2.45) is 0 Å². The zero-order chi connectivity index (χ0) is 31.3. The highest BCUT2D eigenvalue weighted by Gasteiger charge is 2.30. The molecular weight excluding hydrogens is 561 g/mol. The Hall–Kier alpha value is -2.58. The number of rotatable bonds is 11. The Labute approximate surface area is 265 Å². The van der Waals surface area contributed by atoms with Crippen molar-refractivity contribution in [3.63, 3.8) is 0 Å². The van der Waals surface area contributed by atoms with E-state index in [-0.39, 0.29) is 10.8 Å². The maximum absolute atomic E-state index is 13.8. The van der Waals surface area contributed by atoms with Gasteiger partial charge in [-0.25, -0.2) is 8.93 Å². The molecule has 2 nitrogen and oxygen atoms in total. The first-order chi connectivity index (χ1) is 20.4. The van der Waals surface area contributed by atoms with Crippen molar-refractivity contribution in [3.8, 4) is 11.1 Å². The van der Waals surface area contributed by atoms with Crippen LogP contribution in [-0.4, -0.2) is 15.1 Å². The minimum atomic E-state index is -1.24. The Morgan fingerprint density at radius 3 is 1.56 bits per heavy atom. The smallest absolute Gasteiger partial charge is 0.0976 e. The lowest BCUT2D eigenvalue weighted by atomic mass is 9.80. The summed E-state index contributed by atoms with van der Waals surface area (Å²) in [5.74, 6) is 1.21. The highest BCUT2D eigenvalue weighted by Crippen LogP contribution is 2.44. The van der Waals surface area contributed by atoms with Gasteiger partial charge in [-0.05, 0) is 96.6 Å². The summed E-state index contributed by atoms with van der Waals surface area (Å²) in [4.78, 5) is 0. The van der Waals surface area contributed by atoms with E-state index in [1.807, 2.05) is 0 Å². The van der Waals surface area contributed by atoms with Gasteiger partial charge in [0.25, 0.3) is 0 Å². The van der Waals surface area contributed by atoms with Crippen LogP contribution in [0.5, 0.6) is 0 Å². The second-order valence-corrected chi connectivity index (χ2v) is 17.7. The van der Waals surface area contributed by atoms with Gasteiger partial charge < -0.3 is 0 Å². The highest BCUT2D eigenvalue weighted by atomic mass is 32.2. The van der Waals surface area contributed by atoms with Crippen LogP contribution < -0.4 is 15.3 Å². The molecule has 0 radical (unpaired) electrons. The van der Waals surface area contributed by atoms with Crippen LogP contribution in [0.2, 0.25) is 0 Å². The van der Waals surface area contributed by atoms with Crippen LogP contribution in [0.1, 0.15) is 108 Å². The molecule has 4 rings (SSSR count). The number of hydrogen-bond acceptors (Lipinski definition) is 1. The molecule has 0 saturated heterocycles. The molecule has 0 aliphatic rings. The third-order valence-corrected chi connectivity index (χ3v) is 12.2. The molecular formula is C39H50NOPS. The molecule has 4 aromatic rings. The fourth-order valence-electron chi connectivity index (χ4n) is 5.56. The first kappa shape index (κ1) is 33.3. The summed E-state index contributed by atoms with van der Waals surface area (Å²) in [5, 5.41) is 2.67. The molecule has 0 aliphatic heterocycles. The molecule has 228 valence electrons. The van der Waals surface area contributed by atoms with Gasteiger partial charge in [0.2, 0.25) is 0 Å². The molecule has 0 fully saturated rings. The summed E-state index contributed by atoms with van der Waals surface area (Å²) in [6.45, 7) is 20.0. The Kier molecular flexibility index (Phi) is 11.2. The second-order valence-electron chi connectivity index (χ2n) is 13.5. The molecule has 4 heteroatoms. The molecule has 0 spiro atoms. The Balaban J connectivity index is 1.96. The van der Waals surface area contributed by atoms with E-state index < -0.39 is 18.9 Å². The fraction of sp³-hybridized carbons (Fsp3) is 0.385. The van der Waals surface area contributed by atoms with E-state index in [9.17, 15) is 4.21 Å². The molecule has 2 unspecified atom stereocenters. The molecule has 43 heavy (non-hydrogen) atoms. The lowest BCUT2D eigenvalue weighted by molar-refractivity contribution is 0.618. The average Bonchev–Trinajstić information content (AvgIpc) is 2.98. The topological polar surface area (TPSA) is 29.1 Å². The summed E-state index contributed by atoms with van der Waals surface area (Å²) in [6, 6.07) is 35.4. The second kappa shape index (κ2) is 14.5. The summed E-state index contributed by atoms with van der Waals surface area (Å²) < 4.78 is 17.1. The first-order valence-electron chi connectivity index (χ1n) is 15.7. The average molecular weight is 612 g/mol. The zero-order valence-corrected chi connectivity index (χ0v) is 29.2. The minimum absolute atomic E-state index is 0.104. The first-order valence-corrected chi connectivity index (χ1v) is 18.4. The number of benzene rings is 4. The monoisotopic (exact) mass is 611 g/mol. The van der Waals surface area contributed by atoms with Crippen molar-refractivity contribution >= 4 is 29.5 Å².